The van der Waals surface area contributed by atoms with Gasteiger partial charge in [0.05, 0.1) is 27.9 Å². The van der Waals surface area contributed by atoms with E-state index in [9.17, 15) is 9.18 Å². The summed E-state index contributed by atoms with van der Waals surface area (Å²) in [5.41, 5.74) is 0.884. The van der Waals surface area contributed by atoms with Gasteiger partial charge < -0.3 is 14.5 Å². The standard InChI is InChI=1S/C17H13Cl2FN2O3/c1-24-4-5-25-13-3-2-12(20)14(15(13)19)16-11(8-23)10-6-9(18)7-21-17(10)22-16/h2-3,6-8H,4-5H2,1H3,(H,21,22). The zero-order valence-corrected chi connectivity index (χ0v) is 14.6. The van der Waals surface area contributed by atoms with E-state index >= 15 is 0 Å². The van der Waals surface area contributed by atoms with Gasteiger partial charge in [-0.2, -0.15) is 0 Å². The van der Waals surface area contributed by atoms with Crippen LogP contribution in [-0.2, 0) is 4.74 Å². The summed E-state index contributed by atoms with van der Waals surface area (Å²) in [7, 11) is 1.54. The summed E-state index contributed by atoms with van der Waals surface area (Å²) in [6, 6.07) is 4.23. The van der Waals surface area contributed by atoms with Crippen molar-refractivity contribution >= 4 is 40.5 Å². The zero-order valence-electron chi connectivity index (χ0n) is 13.1. The second-order valence-electron chi connectivity index (χ2n) is 5.16. The predicted octanol–water partition coefficient (Wildman–Crippen LogP) is 4.51. The number of hydrogen-bond donors (Lipinski definition) is 1. The number of benzene rings is 1. The summed E-state index contributed by atoms with van der Waals surface area (Å²) in [5.74, 6) is -0.304. The number of aldehydes is 1. The number of rotatable bonds is 6. The molecule has 8 heteroatoms. The molecule has 0 aliphatic heterocycles. The van der Waals surface area contributed by atoms with Gasteiger partial charge in [0.25, 0.3) is 0 Å². The van der Waals surface area contributed by atoms with Crippen LogP contribution in [0.4, 0.5) is 4.39 Å². The summed E-state index contributed by atoms with van der Waals surface area (Å²) in [6.45, 7) is 0.614. The maximum Gasteiger partial charge on any atom is 0.152 e. The van der Waals surface area contributed by atoms with Crippen LogP contribution in [0.1, 0.15) is 10.4 Å². The molecule has 3 aromatic rings. The number of hydrogen-bond acceptors (Lipinski definition) is 4. The molecule has 2 heterocycles. The van der Waals surface area contributed by atoms with Crippen molar-refractivity contribution in [1.29, 1.82) is 0 Å². The fourth-order valence-corrected chi connectivity index (χ4v) is 2.95. The minimum Gasteiger partial charge on any atom is -0.490 e. The average molecular weight is 383 g/mol. The normalized spacial score (nSPS) is 11.0. The van der Waals surface area contributed by atoms with Crippen LogP contribution in [0.3, 0.4) is 0 Å². The number of aromatic amines is 1. The third-order valence-electron chi connectivity index (χ3n) is 3.63. The number of aromatic nitrogens is 2. The van der Waals surface area contributed by atoms with Crippen LogP contribution in [0.5, 0.6) is 5.75 Å². The predicted molar refractivity (Wildman–Crippen MR) is 94.3 cm³/mol. The molecule has 0 saturated carbocycles. The molecule has 0 radical (unpaired) electrons. The number of methoxy groups -OCH3 is 1. The number of nitrogens with one attached hydrogen (secondary N) is 1. The second kappa shape index (κ2) is 7.39. The van der Waals surface area contributed by atoms with Crippen LogP contribution in [-0.4, -0.2) is 36.6 Å². The lowest BCUT2D eigenvalue weighted by atomic mass is 10.1. The Morgan fingerprint density at radius 3 is 2.84 bits per heavy atom. The van der Waals surface area contributed by atoms with E-state index in [0.717, 1.165) is 0 Å². The molecule has 0 fully saturated rings. The monoisotopic (exact) mass is 382 g/mol. The molecule has 0 unspecified atom stereocenters. The minimum atomic E-state index is -0.593. The highest BCUT2D eigenvalue weighted by molar-refractivity contribution is 6.35. The smallest absolute Gasteiger partial charge is 0.152 e. The first-order chi connectivity index (χ1) is 12.1. The van der Waals surface area contributed by atoms with E-state index in [1.807, 2.05) is 0 Å². The molecular formula is C17H13Cl2FN2O3. The second-order valence-corrected chi connectivity index (χ2v) is 5.97. The largest absolute Gasteiger partial charge is 0.490 e. The maximum absolute atomic E-state index is 14.5. The van der Waals surface area contributed by atoms with Gasteiger partial charge in [-0.1, -0.05) is 23.2 Å². The van der Waals surface area contributed by atoms with E-state index in [4.69, 9.17) is 32.7 Å². The molecule has 25 heavy (non-hydrogen) atoms. The number of carbonyl (C=O) groups excluding carboxylic acids is 1. The van der Waals surface area contributed by atoms with Crippen molar-refractivity contribution in [3.8, 4) is 17.0 Å². The summed E-state index contributed by atoms with van der Waals surface area (Å²) in [5, 5.41) is 0.903. The van der Waals surface area contributed by atoms with Gasteiger partial charge in [0, 0.05) is 24.3 Å². The molecule has 2 aromatic heterocycles. The van der Waals surface area contributed by atoms with Crippen LogP contribution in [0.2, 0.25) is 10.0 Å². The third kappa shape index (κ3) is 3.33. The Bertz CT molecular complexity index is 943. The van der Waals surface area contributed by atoms with Crippen LogP contribution in [0.25, 0.3) is 22.3 Å². The fourth-order valence-electron chi connectivity index (χ4n) is 2.49. The number of carbonyl (C=O) groups is 1. The molecule has 0 bridgehead atoms. The van der Waals surface area contributed by atoms with Gasteiger partial charge in [-0.25, -0.2) is 9.37 Å². The van der Waals surface area contributed by atoms with E-state index in [-0.39, 0.29) is 34.2 Å². The molecule has 0 amide bonds. The molecule has 0 saturated heterocycles. The van der Waals surface area contributed by atoms with Crippen molar-refractivity contribution < 1.29 is 18.7 Å². The number of H-pyrrole nitrogens is 1. The van der Waals surface area contributed by atoms with Crippen molar-refractivity contribution in [2.24, 2.45) is 0 Å². The molecule has 0 aliphatic rings. The van der Waals surface area contributed by atoms with Gasteiger partial charge in [-0.15, -0.1) is 0 Å². The first-order valence-electron chi connectivity index (χ1n) is 7.29. The molecular weight excluding hydrogens is 370 g/mol. The van der Waals surface area contributed by atoms with E-state index in [1.54, 1.807) is 13.2 Å². The number of halogens is 3. The van der Waals surface area contributed by atoms with Gasteiger partial charge in [-0.05, 0) is 18.2 Å². The van der Waals surface area contributed by atoms with Crippen molar-refractivity contribution in [3.63, 3.8) is 0 Å². The van der Waals surface area contributed by atoms with E-state index < -0.39 is 5.82 Å². The molecule has 0 atom stereocenters. The molecule has 0 spiro atoms. The first-order valence-corrected chi connectivity index (χ1v) is 8.05. The maximum atomic E-state index is 14.5. The third-order valence-corrected chi connectivity index (χ3v) is 4.21. The van der Waals surface area contributed by atoms with Crippen molar-refractivity contribution in [1.82, 2.24) is 9.97 Å². The van der Waals surface area contributed by atoms with Gasteiger partial charge in [-0.3, -0.25) is 4.79 Å². The topological polar surface area (TPSA) is 64.2 Å². The lowest BCUT2D eigenvalue weighted by molar-refractivity contribution is 0.112. The lowest BCUT2D eigenvalue weighted by Gasteiger charge is -2.12. The van der Waals surface area contributed by atoms with Crippen molar-refractivity contribution in [3.05, 3.63) is 45.8 Å². The molecule has 0 aliphatic carbocycles. The summed E-state index contributed by atoms with van der Waals surface area (Å²) in [6.07, 6.45) is 2.04. The average Bonchev–Trinajstić information content (AvgIpc) is 2.94. The Hall–Kier alpha value is -2.15. The lowest BCUT2D eigenvalue weighted by Crippen LogP contribution is -2.05. The van der Waals surface area contributed by atoms with Crippen LogP contribution in [0, 0.1) is 5.82 Å². The van der Waals surface area contributed by atoms with Gasteiger partial charge in [0.1, 0.15) is 23.8 Å². The first kappa shape index (κ1) is 17.7. The minimum absolute atomic E-state index is 0.0350. The fraction of sp³-hybridized carbons (Fsp3) is 0.176. The Kier molecular flexibility index (Phi) is 5.22. The molecule has 3 rings (SSSR count). The highest BCUT2D eigenvalue weighted by atomic mass is 35.5. The molecule has 5 nitrogen and oxygen atoms in total. The van der Waals surface area contributed by atoms with E-state index in [2.05, 4.69) is 9.97 Å². The number of fused-ring (bicyclic) bond motifs is 1. The highest BCUT2D eigenvalue weighted by Gasteiger charge is 2.22. The summed E-state index contributed by atoms with van der Waals surface area (Å²) >= 11 is 12.3. The SMILES string of the molecule is COCCOc1ccc(F)c(-c2[nH]c3ncc(Cl)cc3c2C=O)c1Cl. The molecule has 1 aromatic carbocycles. The quantitative estimate of drug-likeness (QED) is 0.502. The van der Waals surface area contributed by atoms with Crippen LogP contribution in [0.15, 0.2) is 24.4 Å². The number of ether oxygens (including phenoxy) is 2. The Balaban J connectivity index is 2.17. The number of nitrogens with zero attached hydrogens (tertiary/aromatic N) is 1. The zero-order chi connectivity index (χ0) is 18.0. The highest BCUT2D eigenvalue weighted by Crippen LogP contribution is 2.40. The van der Waals surface area contributed by atoms with E-state index in [0.29, 0.717) is 28.9 Å². The summed E-state index contributed by atoms with van der Waals surface area (Å²) in [4.78, 5) is 18.6. The van der Waals surface area contributed by atoms with Crippen molar-refractivity contribution in [2.45, 2.75) is 0 Å². The Labute approximate surface area is 152 Å². The van der Waals surface area contributed by atoms with Gasteiger partial charge >= 0.3 is 0 Å². The Morgan fingerprint density at radius 1 is 1.32 bits per heavy atom. The number of pyridine rings is 1. The van der Waals surface area contributed by atoms with Gasteiger partial charge in [0.15, 0.2) is 6.29 Å². The van der Waals surface area contributed by atoms with Gasteiger partial charge in [0.2, 0.25) is 0 Å². The summed E-state index contributed by atoms with van der Waals surface area (Å²) < 4.78 is 24.9. The van der Waals surface area contributed by atoms with Crippen molar-refractivity contribution in [2.75, 3.05) is 20.3 Å². The Morgan fingerprint density at radius 2 is 2.12 bits per heavy atom. The molecule has 1 N–H and O–H groups in total. The van der Waals surface area contributed by atoms with Crippen LogP contribution < -0.4 is 4.74 Å². The van der Waals surface area contributed by atoms with E-state index in [1.165, 1.54) is 18.3 Å². The molecule has 130 valence electrons. The van der Waals surface area contributed by atoms with Crippen LogP contribution >= 0.6 is 23.2 Å².